The Bertz CT molecular complexity index is 843. The Balaban J connectivity index is 1.98. The van der Waals surface area contributed by atoms with Crippen LogP contribution in [0.5, 0.6) is 0 Å². The van der Waals surface area contributed by atoms with Crippen molar-refractivity contribution in [2.24, 2.45) is 0 Å². The predicted octanol–water partition coefficient (Wildman–Crippen LogP) is 5.05. The van der Waals surface area contributed by atoms with Crippen LogP contribution in [0.1, 0.15) is 15.9 Å². The number of hydrogen-bond acceptors (Lipinski definition) is 1. The summed E-state index contributed by atoms with van der Waals surface area (Å²) in [5, 5.41) is 2.81. The molecule has 0 aliphatic carbocycles. The van der Waals surface area contributed by atoms with Crippen LogP contribution in [0.25, 0.3) is 11.1 Å². The quantitative estimate of drug-likeness (QED) is 0.720. The Morgan fingerprint density at radius 1 is 0.913 bits per heavy atom. The Morgan fingerprint density at radius 3 is 2.35 bits per heavy atom. The maximum atomic E-state index is 13.8. The molecule has 3 rings (SSSR count). The van der Waals surface area contributed by atoms with Gasteiger partial charge in [-0.05, 0) is 36.8 Å². The topological polar surface area (TPSA) is 29.1 Å². The number of nitrogens with one attached hydrogen (secondary N) is 1. The highest BCUT2D eigenvalue weighted by molar-refractivity contribution is 6.06. The molecular formula is C20H16FNO. The SMILES string of the molecule is Cc1ccc(NC(=O)c2ccccc2F)c(-c2ccccc2)c1. The minimum absolute atomic E-state index is 0.0343. The molecule has 0 heterocycles. The van der Waals surface area contributed by atoms with Gasteiger partial charge < -0.3 is 5.32 Å². The van der Waals surface area contributed by atoms with Crippen LogP contribution in [0.4, 0.5) is 10.1 Å². The Labute approximate surface area is 134 Å². The van der Waals surface area contributed by atoms with E-state index in [9.17, 15) is 9.18 Å². The van der Waals surface area contributed by atoms with Gasteiger partial charge in [-0.15, -0.1) is 0 Å². The lowest BCUT2D eigenvalue weighted by Crippen LogP contribution is -2.14. The fraction of sp³-hybridized carbons (Fsp3) is 0.0500. The molecular weight excluding hydrogens is 289 g/mol. The third kappa shape index (κ3) is 3.29. The number of benzene rings is 3. The average Bonchev–Trinajstić information content (AvgIpc) is 2.57. The van der Waals surface area contributed by atoms with E-state index in [1.807, 2.05) is 55.5 Å². The van der Waals surface area contributed by atoms with Gasteiger partial charge in [0.2, 0.25) is 0 Å². The molecule has 3 aromatic rings. The molecule has 2 nitrogen and oxygen atoms in total. The Morgan fingerprint density at radius 2 is 1.61 bits per heavy atom. The molecule has 0 saturated heterocycles. The van der Waals surface area contributed by atoms with Gasteiger partial charge in [0.15, 0.2) is 0 Å². The van der Waals surface area contributed by atoms with E-state index in [0.717, 1.165) is 16.7 Å². The maximum Gasteiger partial charge on any atom is 0.258 e. The summed E-state index contributed by atoms with van der Waals surface area (Å²) >= 11 is 0. The zero-order chi connectivity index (χ0) is 16.2. The molecule has 0 spiro atoms. The molecule has 0 fully saturated rings. The first-order valence-corrected chi connectivity index (χ1v) is 7.37. The highest BCUT2D eigenvalue weighted by Gasteiger charge is 2.13. The fourth-order valence-electron chi connectivity index (χ4n) is 2.46. The van der Waals surface area contributed by atoms with Crippen molar-refractivity contribution in [2.75, 3.05) is 5.32 Å². The number of rotatable bonds is 3. The van der Waals surface area contributed by atoms with E-state index in [4.69, 9.17) is 0 Å². The smallest absolute Gasteiger partial charge is 0.258 e. The largest absolute Gasteiger partial charge is 0.321 e. The summed E-state index contributed by atoms with van der Waals surface area (Å²) in [6.45, 7) is 1.99. The van der Waals surface area contributed by atoms with Crippen molar-refractivity contribution in [2.45, 2.75) is 6.92 Å². The van der Waals surface area contributed by atoms with Crippen LogP contribution in [0.3, 0.4) is 0 Å². The lowest BCUT2D eigenvalue weighted by molar-refractivity contribution is 0.102. The second-order valence-electron chi connectivity index (χ2n) is 5.35. The van der Waals surface area contributed by atoms with Crippen molar-refractivity contribution in [1.82, 2.24) is 0 Å². The van der Waals surface area contributed by atoms with Crippen LogP contribution >= 0.6 is 0 Å². The normalized spacial score (nSPS) is 10.3. The summed E-state index contributed by atoms with van der Waals surface area (Å²) in [7, 11) is 0. The van der Waals surface area contributed by atoms with Crippen LogP contribution in [-0.4, -0.2) is 5.91 Å². The third-order valence-corrected chi connectivity index (χ3v) is 3.63. The Hall–Kier alpha value is -2.94. The standard InChI is InChI=1S/C20H16FNO/c1-14-11-12-19(17(13-14)15-7-3-2-4-8-15)22-20(23)16-9-5-6-10-18(16)21/h2-13H,1H3,(H,22,23). The molecule has 3 heteroatoms. The van der Waals surface area contributed by atoms with Crippen molar-refractivity contribution in [3.8, 4) is 11.1 Å². The second-order valence-corrected chi connectivity index (χ2v) is 5.35. The zero-order valence-electron chi connectivity index (χ0n) is 12.7. The fourth-order valence-corrected chi connectivity index (χ4v) is 2.46. The van der Waals surface area contributed by atoms with Gasteiger partial charge in [0, 0.05) is 11.3 Å². The number of aryl methyl sites for hydroxylation is 1. The van der Waals surface area contributed by atoms with E-state index < -0.39 is 11.7 Å². The van der Waals surface area contributed by atoms with E-state index in [1.165, 1.54) is 12.1 Å². The van der Waals surface area contributed by atoms with Gasteiger partial charge >= 0.3 is 0 Å². The number of halogens is 1. The van der Waals surface area contributed by atoms with Gasteiger partial charge in [0.05, 0.1) is 5.56 Å². The summed E-state index contributed by atoms with van der Waals surface area (Å²) < 4.78 is 13.8. The van der Waals surface area contributed by atoms with Crippen LogP contribution in [0.2, 0.25) is 0 Å². The first kappa shape index (κ1) is 15.0. The Kier molecular flexibility index (Phi) is 4.20. The van der Waals surface area contributed by atoms with Crippen molar-refractivity contribution in [1.29, 1.82) is 0 Å². The van der Waals surface area contributed by atoms with Crippen molar-refractivity contribution in [3.05, 3.63) is 89.7 Å². The van der Waals surface area contributed by atoms with Crippen LogP contribution in [-0.2, 0) is 0 Å². The summed E-state index contributed by atoms with van der Waals surface area (Å²) in [4.78, 5) is 12.4. The summed E-state index contributed by atoms with van der Waals surface area (Å²) in [5.74, 6) is -0.984. The summed E-state index contributed by atoms with van der Waals surface area (Å²) in [5.41, 5.74) is 3.70. The minimum Gasteiger partial charge on any atom is -0.321 e. The minimum atomic E-state index is -0.529. The molecule has 0 unspecified atom stereocenters. The second kappa shape index (κ2) is 6.44. The molecule has 0 saturated carbocycles. The van der Waals surface area contributed by atoms with Gasteiger partial charge in [-0.25, -0.2) is 4.39 Å². The molecule has 0 radical (unpaired) electrons. The molecule has 0 aliphatic heterocycles. The number of anilines is 1. The highest BCUT2D eigenvalue weighted by atomic mass is 19.1. The van der Waals surface area contributed by atoms with Crippen molar-refractivity contribution >= 4 is 11.6 Å². The molecule has 114 valence electrons. The predicted molar refractivity (Wildman–Crippen MR) is 91.0 cm³/mol. The monoisotopic (exact) mass is 305 g/mol. The van der Waals surface area contributed by atoms with E-state index >= 15 is 0 Å². The van der Waals surface area contributed by atoms with Gasteiger partial charge in [-0.2, -0.15) is 0 Å². The molecule has 23 heavy (non-hydrogen) atoms. The van der Waals surface area contributed by atoms with Crippen LogP contribution < -0.4 is 5.32 Å². The first-order chi connectivity index (χ1) is 11.1. The van der Waals surface area contributed by atoms with E-state index in [0.29, 0.717) is 5.69 Å². The third-order valence-electron chi connectivity index (χ3n) is 3.63. The van der Waals surface area contributed by atoms with E-state index in [-0.39, 0.29) is 5.56 Å². The lowest BCUT2D eigenvalue weighted by Gasteiger charge is -2.13. The molecule has 0 aromatic heterocycles. The summed E-state index contributed by atoms with van der Waals surface area (Å²) in [6, 6.07) is 21.5. The average molecular weight is 305 g/mol. The van der Waals surface area contributed by atoms with Gasteiger partial charge in [0.25, 0.3) is 5.91 Å². The van der Waals surface area contributed by atoms with Crippen molar-refractivity contribution < 1.29 is 9.18 Å². The van der Waals surface area contributed by atoms with Gasteiger partial charge in [-0.1, -0.05) is 54.1 Å². The van der Waals surface area contributed by atoms with Crippen LogP contribution in [0, 0.1) is 12.7 Å². The van der Waals surface area contributed by atoms with Gasteiger partial charge in [-0.3, -0.25) is 4.79 Å². The number of carbonyl (C=O) groups excluding carboxylic acids is 1. The molecule has 3 aromatic carbocycles. The number of hydrogen-bond donors (Lipinski definition) is 1. The van der Waals surface area contributed by atoms with Crippen LogP contribution in [0.15, 0.2) is 72.8 Å². The molecule has 0 bridgehead atoms. The molecule has 0 aliphatic rings. The molecule has 1 N–H and O–H groups in total. The zero-order valence-corrected chi connectivity index (χ0v) is 12.7. The number of amides is 1. The highest BCUT2D eigenvalue weighted by Crippen LogP contribution is 2.29. The van der Waals surface area contributed by atoms with E-state index in [2.05, 4.69) is 5.32 Å². The van der Waals surface area contributed by atoms with Crippen molar-refractivity contribution in [3.63, 3.8) is 0 Å². The lowest BCUT2D eigenvalue weighted by atomic mass is 10.0. The molecule has 1 amide bonds. The maximum absolute atomic E-state index is 13.8. The number of carbonyl (C=O) groups is 1. The van der Waals surface area contributed by atoms with Gasteiger partial charge in [0.1, 0.15) is 5.82 Å². The van der Waals surface area contributed by atoms with E-state index in [1.54, 1.807) is 12.1 Å². The molecule has 0 atom stereocenters. The summed E-state index contributed by atoms with van der Waals surface area (Å²) in [6.07, 6.45) is 0. The first-order valence-electron chi connectivity index (χ1n) is 7.37.